The number of hydrogen-bond donors (Lipinski definition) is 2. The van der Waals surface area contributed by atoms with Gasteiger partial charge < -0.3 is 20.5 Å². The highest BCUT2D eigenvalue weighted by atomic mass is 127. The molecule has 0 atom stereocenters. The fourth-order valence-electron chi connectivity index (χ4n) is 1.93. The molecule has 0 bridgehead atoms. The van der Waals surface area contributed by atoms with Gasteiger partial charge in [-0.3, -0.25) is 4.99 Å². The van der Waals surface area contributed by atoms with Gasteiger partial charge in [0.25, 0.3) is 0 Å². The number of guanidine groups is 1. The number of para-hydroxylation sites is 3. The maximum atomic E-state index is 12.4. The molecule has 2 rings (SSSR count). The summed E-state index contributed by atoms with van der Waals surface area (Å²) in [5.74, 6) is 0.384. The number of nitrogens with one attached hydrogen (secondary N) is 1. The number of nitrogens with zero attached hydrogens (tertiary/aromatic N) is 1. The van der Waals surface area contributed by atoms with Crippen LogP contribution in [0.2, 0.25) is 0 Å². The van der Waals surface area contributed by atoms with Crippen LogP contribution in [0.1, 0.15) is 6.42 Å². The number of ether oxygens (including phenoxy) is 2. The maximum absolute atomic E-state index is 12.4. The third-order valence-electron chi connectivity index (χ3n) is 2.97. The van der Waals surface area contributed by atoms with Gasteiger partial charge >= 0.3 is 6.36 Å². The Bertz CT molecular complexity index is 697. The lowest BCUT2D eigenvalue weighted by Crippen LogP contribution is -2.24. The van der Waals surface area contributed by atoms with Crippen LogP contribution in [-0.2, 0) is 0 Å². The van der Waals surface area contributed by atoms with Crippen molar-refractivity contribution in [3.63, 3.8) is 0 Å². The summed E-state index contributed by atoms with van der Waals surface area (Å²) in [6.45, 7) is 0.822. The smallest absolute Gasteiger partial charge is 0.494 e. The number of rotatable bonds is 7. The molecule has 0 spiro atoms. The van der Waals surface area contributed by atoms with Gasteiger partial charge in [0.1, 0.15) is 5.75 Å². The van der Waals surface area contributed by atoms with E-state index in [-0.39, 0.29) is 41.4 Å². The molecular weight excluding hydrogens is 462 g/mol. The van der Waals surface area contributed by atoms with E-state index in [0.717, 1.165) is 5.75 Å². The van der Waals surface area contributed by atoms with Crippen molar-refractivity contribution in [1.82, 2.24) is 0 Å². The zero-order chi connectivity index (χ0) is 18.1. The number of anilines is 1. The highest BCUT2D eigenvalue weighted by Gasteiger charge is 2.32. The van der Waals surface area contributed by atoms with Crippen molar-refractivity contribution in [2.75, 3.05) is 18.5 Å². The average Bonchev–Trinajstić information content (AvgIpc) is 2.56. The summed E-state index contributed by atoms with van der Waals surface area (Å²) in [6.07, 6.45) is -4.17. The Morgan fingerprint density at radius 2 is 1.69 bits per heavy atom. The van der Waals surface area contributed by atoms with E-state index in [1.165, 1.54) is 18.2 Å². The summed E-state index contributed by atoms with van der Waals surface area (Å²) in [5, 5.41) is 2.60. The van der Waals surface area contributed by atoms with E-state index in [9.17, 15) is 13.2 Å². The summed E-state index contributed by atoms with van der Waals surface area (Å²) in [4.78, 5) is 4.05. The van der Waals surface area contributed by atoms with Crippen LogP contribution in [0.5, 0.6) is 11.5 Å². The first-order valence-corrected chi connectivity index (χ1v) is 7.53. The zero-order valence-corrected chi connectivity index (χ0v) is 16.0. The SMILES string of the molecule is I.NC(=NCCCOc1ccccc1)Nc1ccccc1OC(F)(F)F. The van der Waals surface area contributed by atoms with E-state index < -0.39 is 6.36 Å². The Hall–Kier alpha value is -2.17. The molecule has 0 saturated heterocycles. The van der Waals surface area contributed by atoms with Crippen LogP contribution in [0.15, 0.2) is 59.6 Å². The van der Waals surface area contributed by atoms with Crippen molar-refractivity contribution < 1.29 is 22.6 Å². The fourth-order valence-corrected chi connectivity index (χ4v) is 1.93. The summed E-state index contributed by atoms with van der Waals surface area (Å²) in [6, 6.07) is 14.9. The largest absolute Gasteiger partial charge is 0.573 e. The van der Waals surface area contributed by atoms with Gasteiger partial charge in [-0.2, -0.15) is 0 Å². The highest BCUT2D eigenvalue weighted by Crippen LogP contribution is 2.29. The molecule has 0 aromatic heterocycles. The average molecular weight is 481 g/mol. The van der Waals surface area contributed by atoms with E-state index >= 15 is 0 Å². The molecule has 9 heteroatoms. The van der Waals surface area contributed by atoms with Crippen molar-refractivity contribution in [3.8, 4) is 11.5 Å². The third kappa shape index (κ3) is 8.28. The second-order valence-corrected chi connectivity index (χ2v) is 4.95. The molecule has 0 heterocycles. The molecule has 2 aromatic carbocycles. The minimum absolute atomic E-state index is 0. The van der Waals surface area contributed by atoms with Crippen LogP contribution >= 0.6 is 24.0 Å². The Morgan fingerprint density at radius 1 is 1.04 bits per heavy atom. The summed E-state index contributed by atoms with van der Waals surface area (Å²) in [5.41, 5.74) is 5.78. The van der Waals surface area contributed by atoms with Crippen LogP contribution in [0.3, 0.4) is 0 Å². The Morgan fingerprint density at radius 3 is 2.38 bits per heavy atom. The van der Waals surface area contributed by atoms with Crippen LogP contribution in [0, 0.1) is 0 Å². The minimum atomic E-state index is -4.78. The summed E-state index contributed by atoms with van der Waals surface area (Å²) < 4.78 is 46.5. The van der Waals surface area contributed by atoms with Crippen molar-refractivity contribution in [1.29, 1.82) is 0 Å². The van der Waals surface area contributed by atoms with Crippen molar-refractivity contribution >= 4 is 35.6 Å². The van der Waals surface area contributed by atoms with Crippen LogP contribution in [0.4, 0.5) is 18.9 Å². The summed E-state index contributed by atoms with van der Waals surface area (Å²) >= 11 is 0. The normalized spacial score (nSPS) is 11.4. The molecule has 0 amide bonds. The predicted octanol–water partition coefficient (Wildman–Crippen LogP) is 4.40. The standard InChI is InChI=1S/C17H18F3N3O2.HI/c18-17(19,20)25-15-10-5-4-9-14(15)23-16(21)22-11-6-12-24-13-7-2-1-3-8-13;/h1-5,7-10H,6,11-12H2,(H3,21,22,23);1H. The molecule has 5 nitrogen and oxygen atoms in total. The second kappa shape index (κ2) is 10.7. The van der Waals surface area contributed by atoms with Gasteiger partial charge in [0.2, 0.25) is 0 Å². The highest BCUT2D eigenvalue weighted by molar-refractivity contribution is 14.0. The Labute approximate surface area is 166 Å². The molecule has 3 N–H and O–H groups in total. The lowest BCUT2D eigenvalue weighted by atomic mass is 10.3. The number of hydrogen-bond acceptors (Lipinski definition) is 3. The maximum Gasteiger partial charge on any atom is 0.573 e. The first-order valence-electron chi connectivity index (χ1n) is 7.53. The van der Waals surface area contributed by atoms with Crippen molar-refractivity contribution in [3.05, 3.63) is 54.6 Å². The van der Waals surface area contributed by atoms with Gasteiger partial charge in [0.05, 0.1) is 12.3 Å². The molecule has 0 unspecified atom stereocenters. The number of aliphatic imine (C=N–C) groups is 1. The topological polar surface area (TPSA) is 68.9 Å². The molecular formula is C17H19F3IN3O2. The van der Waals surface area contributed by atoms with Crippen LogP contribution in [-0.4, -0.2) is 25.5 Å². The van der Waals surface area contributed by atoms with Crippen LogP contribution < -0.4 is 20.5 Å². The molecule has 142 valence electrons. The monoisotopic (exact) mass is 481 g/mol. The number of alkyl halides is 3. The first kappa shape index (κ1) is 21.9. The van der Waals surface area contributed by atoms with E-state index in [1.54, 1.807) is 6.07 Å². The number of halogens is 4. The molecule has 2 aromatic rings. The van der Waals surface area contributed by atoms with Gasteiger partial charge in [0, 0.05) is 13.0 Å². The molecule has 0 radical (unpaired) electrons. The van der Waals surface area contributed by atoms with Crippen molar-refractivity contribution in [2.45, 2.75) is 12.8 Å². The lowest BCUT2D eigenvalue weighted by molar-refractivity contribution is -0.274. The molecule has 0 fully saturated rings. The zero-order valence-electron chi connectivity index (χ0n) is 13.7. The number of nitrogens with two attached hydrogens (primary N) is 1. The molecule has 0 aliphatic carbocycles. The first-order chi connectivity index (χ1) is 11.9. The summed E-state index contributed by atoms with van der Waals surface area (Å²) in [7, 11) is 0. The molecule has 0 aliphatic rings. The van der Waals surface area contributed by atoms with Gasteiger partial charge in [0.15, 0.2) is 11.7 Å². The van der Waals surface area contributed by atoms with Gasteiger partial charge in [-0.1, -0.05) is 30.3 Å². The second-order valence-electron chi connectivity index (χ2n) is 4.95. The molecule has 26 heavy (non-hydrogen) atoms. The minimum Gasteiger partial charge on any atom is -0.494 e. The van der Waals surface area contributed by atoms with E-state index in [2.05, 4.69) is 15.0 Å². The predicted molar refractivity (Wildman–Crippen MR) is 105 cm³/mol. The van der Waals surface area contributed by atoms with E-state index in [0.29, 0.717) is 19.6 Å². The number of benzene rings is 2. The Balaban J connectivity index is 0.00000338. The van der Waals surface area contributed by atoms with Gasteiger partial charge in [-0.15, -0.1) is 37.1 Å². The fraction of sp³-hybridized carbons (Fsp3) is 0.235. The third-order valence-corrected chi connectivity index (χ3v) is 2.97. The molecule has 0 aliphatic heterocycles. The van der Waals surface area contributed by atoms with Gasteiger partial charge in [-0.05, 0) is 24.3 Å². The lowest BCUT2D eigenvalue weighted by Gasteiger charge is -2.14. The quantitative estimate of drug-likeness (QED) is 0.266. The molecule has 0 saturated carbocycles. The van der Waals surface area contributed by atoms with Crippen molar-refractivity contribution in [2.24, 2.45) is 10.7 Å². The Kier molecular flexibility index (Phi) is 9.03. The van der Waals surface area contributed by atoms with Crippen LogP contribution in [0.25, 0.3) is 0 Å². The van der Waals surface area contributed by atoms with E-state index in [1.807, 2.05) is 30.3 Å². The van der Waals surface area contributed by atoms with E-state index in [4.69, 9.17) is 10.5 Å². The van der Waals surface area contributed by atoms with Gasteiger partial charge in [-0.25, -0.2) is 0 Å².